The van der Waals surface area contributed by atoms with Crippen molar-refractivity contribution >= 4 is 12.0 Å². The lowest BCUT2D eigenvalue weighted by Crippen LogP contribution is -2.41. The number of ether oxygens (including phenoxy) is 1. The first kappa shape index (κ1) is 16.7. The number of urea groups is 1. The van der Waals surface area contributed by atoms with Crippen molar-refractivity contribution in [1.29, 1.82) is 0 Å². The summed E-state index contributed by atoms with van der Waals surface area (Å²) < 4.78 is 4.77. The van der Waals surface area contributed by atoms with Crippen LogP contribution in [0.25, 0.3) is 0 Å². The van der Waals surface area contributed by atoms with Crippen LogP contribution in [-0.4, -0.2) is 67.9 Å². The maximum absolute atomic E-state index is 11.3. The molecule has 0 atom stereocenters. The maximum atomic E-state index is 11.3. The number of nitrogens with zero attached hydrogens (tertiary/aromatic N) is 1. The summed E-state index contributed by atoms with van der Waals surface area (Å²) in [5, 5.41) is 13.6. The molecule has 0 aliphatic carbocycles. The van der Waals surface area contributed by atoms with Crippen LogP contribution in [0.15, 0.2) is 0 Å². The molecule has 0 saturated carbocycles. The molecule has 18 heavy (non-hydrogen) atoms. The summed E-state index contributed by atoms with van der Waals surface area (Å²) in [6, 6.07) is 0.172. The standard InChI is InChI=1S/C11H23N3O4/c1-9(2)14(3)6-4-12-11(17)13-5-7-18-8-10(15)16/h9H,4-8H2,1-3H3,(H,15,16)(H2,12,13,17). The Balaban J connectivity index is 3.40. The van der Waals surface area contributed by atoms with Crippen LogP contribution in [0.2, 0.25) is 0 Å². The number of carboxylic acids is 1. The molecule has 0 aromatic rings. The van der Waals surface area contributed by atoms with Crippen LogP contribution in [0, 0.1) is 0 Å². The quantitative estimate of drug-likeness (QED) is 0.497. The highest BCUT2D eigenvalue weighted by Crippen LogP contribution is 1.90. The van der Waals surface area contributed by atoms with Crippen molar-refractivity contribution in [3.8, 4) is 0 Å². The lowest BCUT2D eigenvalue weighted by atomic mass is 10.3. The molecular weight excluding hydrogens is 238 g/mol. The number of hydrogen-bond donors (Lipinski definition) is 3. The van der Waals surface area contributed by atoms with Crippen molar-refractivity contribution in [3.05, 3.63) is 0 Å². The Morgan fingerprint density at radius 3 is 2.44 bits per heavy atom. The minimum atomic E-state index is -1.02. The van der Waals surface area contributed by atoms with Crippen molar-refractivity contribution in [2.45, 2.75) is 19.9 Å². The lowest BCUT2D eigenvalue weighted by Gasteiger charge is -2.20. The fourth-order valence-corrected chi connectivity index (χ4v) is 1.06. The normalized spacial score (nSPS) is 10.7. The van der Waals surface area contributed by atoms with E-state index in [-0.39, 0.29) is 19.2 Å². The van der Waals surface area contributed by atoms with Gasteiger partial charge >= 0.3 is 12.0 Å². The second-order valence-electron chi connectivity index (χ2n) is 4.20. The summed E-state index contributed by atoms with van der Waals surface area (Å²) in [6.07, 6.45) is 0. The van der Waals surface area contributed by atoms with Gasteiger partial charge in [-0.25, -0.2) is 9.59 Å². The van der Waals surface area contributed by atoms with Crippen LogP contribution >= 0.6 is 0 Å². The molecule has 106 valence electrons. The molecule has 0 aromatic carbocycles. The summed E-state index contributed by atoms with van der Waals surface area (Å²) in [6.45, 7) is 5.64. The van der Waals surface area contributed by atoms with Gasteiger partial charge in [0, 0.05) is 25.7 Å². The summed E-state index contributed by atoms with van der Waals surface area (Å²) >= 11 is 0. The summed E-state index contributed by atoms with van der Waals surface area (Å²) in [5.41, 5.74) is 0. The van der Waals surface area contributed by atoms with E-state index in [1.165, 1.54) is 0 Å². The van der Waals surface area contributed by atoms with Crippen molar-refractivity contribution < 1.29 is 19.4 Å². The highest BCUT2D eigenvalue weighted by atomic mass is 16.5. The van der Waals surface area contributed by atoms with Crippen molar-refractivity contribution in [2.75, 3.05) is 39.9 Å². The summed E-state index contributed by atoms with van der Waals surface area (Å²) in [5.74, 6) is -1.02. The first-order valence-electron chi connectivity index (χ1n) is 5.95. The van der Waals surface area contributed by atoms with E-state index in [9.17, 15) is 9.59 Å². The van der Waals surface area contributed by atoms with Gasteiger partial charge in [-0.05, 0) is 20.9 Å². The number of carboxylic acid groups (broad SMARTS) is 1. The van der Waals surface area contributed by atoms with Gasteiger partial charge in [0.05, 0.1) is 6.61 Å². The van der Waals surface area contributed by atoms with E-state index in [0.717, 1.165) is 6.54 Å². The van der Waals surface area contributed by atoms with Crippen LogP contribution in [0.1, 0.15) is 13.8 Å². The maximum Gasteiger partial charge on any atom is 0.329 e. The number of aliphatic carboxylic acids is 1. The van der Waals surface area contributed by atoms with Gasteiger partial charge in [0.15, 0.2) is 0 Å². The van der Waals surface area contributed by atoms with Gasteiger partial charge in [-0.2, -0.15) is 0 Å². The van der Waals surface area contributed by atoms with Crippen molar-refractivity contribution in [3.63, 3.8) is 0 Å². The minimum absolute atomic E-state index is 0.186. The first-order chi connectivity index (χ1) is 8.43. The highest BCUT2D eigenvalue weighted by molar-refractivity contribution is 5.73. The zero-order chi connectivity index (χ0) is 14.0. The largest absolute Gasteiger partial charge is 0.480 e. The van der Waals surface area contributed by atoms with Gasteiger partial charge in [0.1, 0.15) is 6.61 Å². The molecule has 7 heteroatoms. The van der Waals surface area contributed by atoms with Crippen LogP contribution in [0.5, 0.6) is 0 Å². The molecule has 0 saturated heterocycles. The van der Waals surface area contributed by atoms with E-state index in [2.05, 4.69) is 29.4 Å². The van der Waals surface area contributed by atoms with Crippen LogP contribution < -0.4 is 10.6 Å². The van der Waals surface area contributed by atoms with E-state index in [1.54, 1.807) is 0 Å². The van der Waals surface area contributed by atoms with E-state index < -0.39 is 5.97 Å². The van der Waals surface area contributed by atoms with E-state index in [4.69, 9.17) is 9.84 Å². The molecule has 2 amide bonds. The number of nitrogens with one attached hydrogen (secondary N) is 2. The third-order valence-electron chi connectivity index (χ3n) is 2.39. The molecule has 0 aromatic heterocycles. The van der Waals surface area contributed by atoms with E-state index in [1.807, 2.05) is 7.05 Å². The second-order valence-corrected chi connectivity index (χ2v) is 4.20. The lowest BCUT2D eigenvalue weighted by molar-refractivity contribution is -0.142. The van der Waals surface area contributed by atoms with Crippen molar-refractivity contribution in [1.82, 2.24) is 15.5 Å². The number of hydrogen-bond acceptors (Lipinski definition) is 4. The molecule has 0 heterocycles. The number of carbonyl (C=O) groups is 2. The van der Waals surface area contributed by atoms with Crippen LogP contribution in [-0.2, 0) is 9.53 Å². The Labute approximate surface area is 107 Å². The van der Waals surface area contributed by atoms with Crippen LogP contribution in [0.4, 0.5) is 4.79 Å². The topological polar surface area (TPSA) is 90.9 Å². The number of rotatable bonds is 9. The Hall–Kier alpha value is -1.34. The molecule has 0 bridgehead atoms. The molecule has 7 nitrogen and oxygen atoms in total. The predicted octanol–water partition coefficient (Wildman–Crippen LogP) is -0.273. The van der Waals surface area contributed by atoms with Gasteiger partial charge in [-0.1, -0.05) is 0 Å². The minimum Gasteiger partial charge on any atom is -0.480 e. The molecule has 0 aliphatic rings. The third kappa shape index (κ3) is 9.86. The first-order valence-corrected chi connectivity index (χ1v) is 5.95. The zero-order valence-electron chi connectivity index (χ0n) is 11.2. The average Bonchev–Trinajstić information content (AvgIpc) is 2.27. The molecule has 0 aliphatic heterocycles. The summed E-state index contributed by atoms with van der Waals surface area (Å²) in [4.78, 5) is 23.5. The second kappa shape index (κ2) is 9.67. The molecule has 0 unspecified atom stereocenters. The number of amides is 2. The molecular formula is C11H23N3O4. The smallest absolute Gasteiger partial charge is 0.329 e. The Morgan fingerprint density at radius 1 is 1.28 bits per heavy atom. The van der Waals surface area contributed by atoms with E-state index >= 15 is 0 Å². The van der Waals surface area contributed by atoms with Gasteiger partial charge in [0.25, 0.3) is 0 Å². The van der Waals surface area contributed by atoms with Crippen molar-refractivity contribution in [2.24, 2.45) is 0 Å². The van der Waals surface area contributed by atoms with Gasteiger partial charge < -0.3 is 25.4 Å². The molecule has 0 rings (SSSR count). The van der Waals surface area contributed by atoms with Gasteiger partial charge in [-0.15, -0.1) is 0 Å². The third-order valence-corrected chi connectivity index (χ3v) is 2.39. The van der Waals surface area contributed by atoms with E-state index in [0.29, 0.717) is 19.1 Å². The number of likely N-dealkylation sites (N-methyl/N-ethyl adjacent to an activating group) is 1. The fourth-order valence-electron chi connectivity index (χ4n) is 1.06. The fraction of sp³-hybridized carbons (Fsp3) is 0.818. The Bertz CT molecular complexity index is 259. The number of carbonyl (C=O) groups excluding carboxylic acids is 1. The Morgan fingerprint density at radius 2 is 1.89 bits per heavy atom. The molecule has 3 N–H and O–H groups in total. The van der Waals surface area contributed by atoms with Gasteiger partial charge in [0.2, 0.25) is 0 Å². The van der Waals surface area contributed by atoms with Crippen LogP contribution in [0.3, 0.4) is 0 Å². The molecule has 0 radical (unpaired) electrons. The monoisotopic (exact) mass is 261 g/mol. The van der Waals surface area contributed by atoms with Gasteiger partial charge in [-0.3, -0.25) is 0 Å². The average molecular weight is 261 g/mol. The Kier molecular flexibility index (Phi) is 8.95. The predicted molar refractivity (Wildman–Crippen MR) is 67.6 cm³/mol. The molecule has 0 spiro atoms. The molecule has 0 fully saturated rings. The SMILES string of the molecule is CC(C)N(C)CCNC(=O)NCCOCC(=O)O. The highest BCUT2D eigenvalue weighted by Gasteiger charge is 2.04. The summed E-state index contributed by atoms with van der Waals surface area (Å²) in [7, 11) is 1.99. The zero-order valence-corrected chi connectivity index (χ0v) is 11.2.